The van der Waals surface area contributed by atoms with Gasteiger partial charge in [0.25, 0.3) is 0 Å². The van der Waals surface area contributed by atoms with E-state index < -0.39 is 0 Å². The molecule has 0 bridgehead atoms. The van der Waals surface area contributed by atoms with Crippen LogP contribution in [0.1, 0.15) is 25.5 Å². The van der Waals surface area contributed by atoms with Crippen LogP contribution in [0.2, 0.25) is 0 Å². The molecule has 3 heteroatoms. The molecule has 0 saturated carbocycles. The first-order valence-electron chi connectivity index (χ1n) is 8.14. The van der Waals surface area contributed by atoms with Crippen molar-refractivity contribution >= 4 is 10.9 Å². The van der Waals surface area contributed by atoms with Crippen molar-refractivity contribution in [3.05, 3.63) is 42.1 Å². The largest absolute Gasteiger partial charge is 0.301 e. The van der Waals surface area contributed by atoms with Gasteiger partial charge in [-0.3, -0.25) is 9.88 Å². The van der Waals surface area contributed by atoms with Gasteiger partial charge in [-0.1, -0.05) is 37.6 Å². The maximum absolute atomic E-state index is 4.78. The topological polar surface area (TPSA) is 19.4 Å². The second-order valence-corrected chi connectivity index (χ2v) is 5.97. The second-order valence-electron chi connectivity index (χ2n) is 5.97. The van der Waals surface area contributed by atoms with Gasteiger partial charge in [0, 0.05) is 38.1 Å². The van der Waals surface area contributed by atoms with Crippen LogP contribution in [-0.2, 0) is 6.54 Å². The monoisotopic (exact) mass is 283 g/mol. The highest BCUT2D eigenvalue weighted by atomic mass is 15.3. The molecule has 3 rings (SSSR count). The Balaban J connectivity index is 1.56. The number of para-hydroxylation sites is 1. The van der Waals surface area contributed by atoms with Crippen molar-refractivity contribution in [3.8, 4) is 0 Å². The molecular formula is C18H25N3. The maximum atomic E-state index is 4.78. The fraction of sp³-hybridized carbons (Fsp3) is 0.500. The van der Waals surface area contributed by atoms with Crippen molar-refractivity contribution in [2.45, 2.75) is 26.3 Å². The van der Waals surface area contributed by atoms with Gasteiger partial charge in [0.15, 0.2) is 0 Å². The van der Waals surface area contributed by atoms with Crippen LogP contribution in [0.15, 0.2) is 36.4 Å². The van der Waals surface area contributed by atoms with Gasteiger partial charge in [-0.25, -0.2) is 0 Å². The van der Waals surface area contributed by atoms with Gasteiger partial charge < -0.3 is 4.90 Å². The van der Waals surface area contributed by atoms with E-state index >= 15 is 0 Å². The van der Waals surface area contributed by atoms with Gasteiger partial charge in [-0.05, 0) is 25.1 Å². The van der Waals surface area contributed by atoms with Gasteiger partial charge in [0.1, 0.15) is 0 Å². The molecule has 0 amide bonds. The highest BCUT2D eigenvalue weighted by molar-refractivity contribution is 5.78. The lowest BCUT2D eigenvalue weighted by atomic mass is 10.2. The molecule has 0 aliphatic carbocycles. The molecule has 1 fully saturated rings. The minimum absolute atomic E-state index is 0.979. The van der Waals surface area contributed by atoms with Crippen molar-refractivity contribution in [1.82, 2.24) is 14.8 Å². The third-order valence-corrected chi connectivity index (χ3v) is 4.33. The van der Waals surface area contributed by atoms with E-state index in [1.54, 1.807) is 0 Å². The lowest BCUT2D eigenvalue weighted by molar-refractivity contribution is 0.125. The fourth-order valence-electron chi connectivity index (χ4n) is 2.98. The number of benzene rings is 1. The summed E-state index contributed by atoms with van der Waals surface area (Å²) >= 11 is 0. The molecule has 2 heterocycles. The highest BCUT2D eigenvalue weighted by Gasteiger charge is 2.16. The lowest BCUT2D eigenvalue weighted by Crippen LogP contribution is -2.46. The fourth-order valence-corrected chi connectivity index (χ4v) is 2.98. The van der Waals surface area contributed by atoms with Gasteiger partial charge in [0.2, 0.25) is 0 Å². The van der Waals surface area contributed by atoms with E-state index in [4.69, 9.17) is 4.98 Å². The summed E-state index contributed by atoms with van der Waals surface area (Å²) in [6, 6.07) is 12.7. The van der Waals surface area contributed by atoms with Crippen molar-refractivity contribution < 1.29 is 0 Å². The molecule has 1 aliphatic heterocycles. The molecule has 0 atom stereocenters. The summed E-state index contributed by atoms with van der Waals surface area (Å²) < 4.78 is 0. The average Bonchev–Trinajstić information content (AvgIpc) is 2.54. The Hall–Kier alpha value is -1.45. The zero-order valence-corrected chi connectivity index (χ0v) is 13.0. The number of rotatable bonds is 5. The SMILES string of the molecule is CCCCN1CCN(Cc2ccc3ccccc3n2)CC1. The summed E-state index contributed by atoms with van der Waals surface area (Å²) in [6.45, 7) is 9.24. The van der Waals surface area contributed by atoms with Gasteiger partial charge in [-0.15, -0.1) is 0 Å². The molecule has 21 heavy (non-hydrogen) atoms. The molecule has 112 valence electrons. The summed E-state index contributed by atoms with van der Waals surface area (Å²) in [4.78, 5) is 9.90. The van der Waals surface area contributed by atoms with Gasteiger partial charge in [-0.2, -0.15) is 0 Å². The number of nitrogens with zero attached hydrogens (tertiary/aromatic N) is 3. The molecule has 0 unspecified atom stereocenters. The maximum Gasteiger partial charge on any atom is 0.0705 e. The van der Waals surface area contributed by atoms with Crippen molar-refractivity contribution in [1.29, 1.82) is 0 Å². The van der Waals surface area contributed by atoms with Crippen molar-refractivity contribution in [2.24, 2.45) is 0 Å². The first kappa shape index (κ1) is 14.5. The Morgan fingerprint density at radius 1 is 0.952 bits per heavy atom. The number of fused-ring (bicyclic) bond motifs is 1. The molecule has 1 aromatic carbocycles. The van der Waals surface area contributed by atoms with Gasteiger partial charge >= 0.3 is 0 Å². The highest BCUT2D eigenvalue weighted by Crippen LogP contribution is 2.14. The number of hydrogen-bond acceptors (Lipinski definition) is 3. The van der Waals surface area contributed by atoms with E-state index in [-0.39, 0.29) is 0 Å². The molecule has 2 aromatic rings. The van der Waals surface area contributed by atoms with Crippen LogP contribution in [0.25, 0.3) is 10.9 Å². The quantitative estimate of drug-likeness (QED) is 0.840. The van der Waals surface area contributed by atoms with E-state index in [0.717, 1.165) is 25.2 Å². The summed E-state index contributed by atoms with van der Waals surface area (Å²) in [5.41, 5.74) is 2.30. The molecule has 1 saturated heterocycles. The summed E-state index contributed by atoms with van der Waals surface area (Å²) in [6.07, 6.45) is 2.62. The van der Waals surface area contributed by atoms with E-state index in [9.17, 15) is 0 Å². The molecule has 1 aliphatic rings. The van der Waals surface area contributed by atoms with Gasteiger partial charge in [0.05, 0.1) is 11.2 Å². The van der Waals surface area contributed by atoms with E-state index in [2.05, 4.69) is 53.1 Å². The van der Waals surface area contributed by atoms with Crippen molar-refractivity contribution in [3.63, 3.8) is 0 Å². The molecule has 0 spiro atoms. The van der Waals surface area contributed by atoms with Crippen LogP contribution in [0, 0.1) is 0 Å². The Bertz CT molecular complexity index is 573. The molecule has 0 radical (unpaired) electrons. The van der Waals surface area contributed by atoms with Crippen molar-refractivity contribution in [2.75, 3.05) is 32.7 Å². The zero-order chi connectivity index (χ0) is 14.5. The first-order valence-corrected chi connectivity index (χ1v) is 8.14. The predicted octanol–water partition coefficient (Wildman–Crippen LogP) is 3.15. The van der Waals surface area contributed by atoms with E-state index in [1.165, 1.54) is 43.6 Å². The van der Waals surface area contributed by atoms with Crippen LogP contribution >= 0.6 is 0 Å². The molecule has 1 aromatic heterocycles. The Labute approximate surface area is 127 Å². The Kier molecular flexibility index (Phi) is 4.84. The van der Waals surface area contributed by atoms with Crippen LogP contribution in [-0.4, -0.2) is 47.5 Å². The summed E-state index contributed by atoms with van der Waals surface area (Å²) in [5.74, 6) is 0. The Morgan fingerprint density at radius 3 is 2.52 bits per heavy atom. The smallest absolute Gasteiger partial charge is 0.0705 e. The number of hydrogen-bond donors (Lipinski definition) is 0. The first-order chi connectivity index (χ1) is 10.3. The summed E-state index contributed by atoms with van der Waals surface area (Å²) in [7, 11) is 0. The minimum atomic E-state index is 0.979. The van der Waals surface area contributed by atoms with E-state index in [0.29, 0.717) is 0 Å². The van der Waals surface area contributed by atoms with Crippen LogP contribution in [0.4, 0.5) is 0 Å². The lowest BCUT2D eigenvalue weighted by Gasteiger charge is -2.34. The molecular weight excluding hydrogens is 258 g/mol. The summed E-state index contributed by atoms with van der Waals surface area (Å²) in [5, 5.41) is 1.23. The standard InChI is InChI=1S/C18H25N3/c1-2-3-10-20-11-13-21(14-12-20)15-17-9-8-16-6-4-5-7-18(16)19-17/h4-9H,2-3,10-15H2,1H3. The Morgan fingerprint density at radius 2 is 1.71 bits per heavy atom. The molecule has 3 nitrogen and oxygen atoms in total. The number of pyridine rings is 1. The number of piperazine rings is 1. The average molecular weight is 283 g/mol. The number of aromatic nitrogens is 1. The normalized spacial score (nSPS) is 17.4. The third-order valence-electron chi connectivity index (χ3n) is 4.33. The molecule has 0 N–H and O–H groups in total. The third kappa shape index (κ3) is 3.80. The van der Waals surface area contributed by atoms with Crippen LogP contribution < -0.4 is 0 Å². The minimum Gasteiger partial charge on any atom is -0.301 e. The second kappa shape index (κ2) is 7.01. The van der Waals surface area contributed by atoms with Crippen LogP contribution in [0.3, 0.4) is 0 Å². The number of unbranched alkanes of at least 4 members (excludes halogenated alkanes) is 1. The van der Waals surface area contributed by atoms with Crippen LogP contribution in [0.5, 0.6) is 0 Å². The zero-order valence-electron chi connectivity index (χ0n) is 13.0. The van der Waals surface area contributed by atoms with E-state index in [1.807, 2.05) is 0 Å². The predicted molar refractivity (Wildman–Crippen MR) is 88.4 cm³/mol.